The van der Waals surface area contributed by atoms with Crippen LogP contribution in [0.1, 0.15) is 26.7 Å². The summed E-state index contributed by atoms with van der Waals surface area (Å²) in [5.41, 5.74) is 5.87. The smallest absolute Gasteiger partial charge is 0.366 e. The first kappa shape index (κ1) is 20.7. The Balaban J connectivity index is 0.000000173. The molecule has 3 fully saturated rings. The number of fused-ring (bicyclic) bond motifs is 1. The van der Waals surface area contributed by atoms with Gasteiger partial charge in [0.25, 0.3) is 0 Å². The van der Waals surface area contributed by atoms with E-state index < -0.39 is 6.11 Å². The van der Waals surface area contributed by atoms with E-state index in [1.165, 1.54) is 0 Å². The molecule has 2 N–H and O–H groups in total. The fourth-order valence-electron chi connectivity index (χ4n) is 3.52. The third-order valence-corrected chi connectivity index (χ3v) is 4.79. The Hall–Kier alpha value is -0.562. The molecule has 0 spiro atoms. The second kappa shape index (κ2) is 7.59. The van der Waals surface area contributed by atoms with Crippen LogP contribution in [0.3, 0.4) is 0 Å². The number of imidazole rings is 1. The minimum atomic E-state index is -2.94. The van der Waals surface area contributed by atoms with Gasteiger partial charge in [-0.2, -0.15) is 22.1 Å². The molecule has 3 saturated heterocycles. The Morgan fingerprint density at radius 3 is 2.60 bits per heavy atom. The standard InChI is InChI=1S/C8H12F2NO.C8H14N4.W/c1-6-2-3-7-4-12-8(9,10)5-11(6)7;1-8(9)5-12(6-8)7-10-3-4-11(7)2;/h7H,2-5H2,1H3;3-4H,5-6,9H2,1-2H3;/q-1;;. The maximum atomic E-state index is 12.7. The summed E-state index contributed by atoms with van der Waals surface area (Å²) >= 11 is 0. The topological polar surface area (TPSA) is 59.5 Å². The molecule has 0 aromatic carbocycles. The minimum absolute atomic E-state index is 0. The van der Waals surface area contributed by atoms with Gasteiger partial charge in [-0.25, -0.2) is 4.98 Å². The number of rotatable bonds is 1. The number of ether oxygens (including phenoxy) is 1. The zero-order valence-electron chi connectivity index (χ0n) is 14.9. The van der Waals surface area contributed by atoms with Crippen molar-refractivity contribution in [3.8, 4) is 0 Å². The molecule has 0 bridgehead atoms. The van der Waals surface area contributed by atoms with Crippen molar-refractivity contribution in [1.82, 2.24) is 14.5 Å². The van der Waals surface area contributed by atoms with Crippen LogP contribution in [-0.2, 0) is 32.8 Å². The average molecular weight is 526 g/mol. The Kier molecular flexibility index (Phi) is 6.30. The molecule has 0 amide bonds. The third-order valence-electron chi connectivity index (χ3n) is 4.79. The van der Waals surface area contributed by atoms with E-state index in [0.29, 0.717) is 0 Å². The number of alkyl halides is 2. The second-order valence-corrected chi connectivity index (χ2v) is 7.35. The van der Waals surface area contributed by atoms with Gasteiger partial charge in [0.2, 0.25) is 5.95 Å². The van der Waals surface area contributed by atoms with Crippen LogP contribution < -0.4 is 10.6 Å². The number of nitrogens with two attached hydrogens (primary N) is 1. The third kappa shape index (κ3) is 4.79. The van der Waals surface area contributed by atoms with Crippen LogP contribution in [0.15, 0.2) is 12.4 Å². The van der Waals surface area contributed by atoms with Crippen molar-refractivity contribution < 1.29 is 34.6 Å². The van der Waals surface area contributed by atoms with Crippen molar-refractivity contribution >= 4 is 5.95 Å². The van der Waals surface area contributed by atoms with E-state index in [1.54, 1.807) is 4.90 Å². The molecule has 1 aromatic rings. The molecule has 0 aliphatic carbocycles. The van der Waals surface area contributed by atoms with Gasteiger partial charge in [0, 0.05) is 65.2 Å². The van der Waals surface area contributed by atoms with Gasteiger partial charge in [-0.05, 0) is 6.92 Å². The monoisotopic (exact) mass is 526 g/mol. The number of morpholine rings is 1. The Morgan fingerprint density at radius 2 is 2.04 bits per heavy atom. The fourth-order valence-corrected chi connectivity index (χ4v) is 3.52. The molecule has 3 aliphatic rings. The number of hydrogen-bond donors (Lipinski definition) is 1. The fraction of sp³-hybridized carbons (Fsp3) is 0.750. The van der Waals surface area contributed by atoms with Crippen molar-refractivity contribution in [3.05, 3.63) is 18.4 Å². The van der Waals surface area contributed by atoms with Crippen LogP contribution in [0.25, 0.3) is 0 Å². The van der Waals surface area contributed by atoms with Gasteiger partial charge < -0.3 is 24.8 Å². The summed E-state index contributed by atoms with van der Waals surface area (Å²) in [6.07, 6.45) is 2.71. The molecule has 1 unspecified atom stereocenters. The van der Waals surface area contributed by atoms with E-state index in [4.69, 9.17) is 5.73 Å². The van der Waals surface area contributed by atoms with Gasteiger partial charge >= 0.3 is 6.11 Å². The molecule has 4 heterocycles. The van der Waals surface area contributed by atoms with Crippen molar-refractivity contribution in [3.63, 3.8) is 0 Å². The Labute approximate surface area is 161 Å². The zero-order chi connectivity index (χ0) is 17.5. The predicted octanol–water partition coefficient (Wildman–Crippen LogP) is 1.58. The Bertz CT molecular complexity index is 575. The first-order valence-corrected chi connectivity index (χ1v) is 8.29. The zero-order valence-corrected chi connectivity index (χ0v) is 17.8. The van der Waals surface area contributed by atoms with Crippen LogP contribution in [0, 0.1) is 6.04 Å². The van der Waals surface area contributed by atoms with Crippen LogP contribution in [0.2, 0.25) is 0 Å². The first-order valence-electron chi connectivity index (χ1n) is 8.29. The summed E-state index contributed by atoms with van der Waals surface area (Å²) in [7, 11) is 1.99. The van der Waals surface area contributed by atoms with Crippen molar-refractivity contribution in [2.45, 2.75) is 44.4 Å². The molecular weight excluding hydrogens is 500 g/mol. The van der Waals surface area contributed by atoms with Gasteiger partial charge in [-0.1, -0.05) is 6.42 Å². The molecule has 3 aliphatic heterocycles. The first-order chi connectivity index (χ1) is 11.2. The van der Waals surface area contributed by atoms with Crippen LogP contribution in [0.4, 0.5) is 14.7 Å². The Morgan fingerprint density at radius 1 is 1.36 bits per heavy atom. The number of halogens is 2. The molecule has 9 heteroatoms. The summed E-state index contributed by atoms with van der Waals surface area (Å²) in [5, 5.41) is 0. The molecule has 0 saturated carbocycles. The summed E-state index contributed by atoms with van der Waals surface area (Å²) in [5.74, 6) is 1.01. The largest absolute Gasteiger partial charge is 0.442 e. The normalized spacial score (nSPS) is 27.6. The quantitative estimate of drug-likeness (QED) is 0.564. The predicted molar refractivity (Wildman–Crippen MR) is 87.6 cm³/mol. The number of anilines is 1. The van der Waals surface area contributed by atoms with Crippen LogP contribution >= 0.6 is 0 Å². The molecular formula is C16H26F2N5OW-. The van der Waals surface area contributed by atoms with Crippen LogP contribution in [-0.4, -0.2) is 58.4 Å². The second-order valence-electron chi connectivity index (χ2n) is 7.35. The summed E-state index contributed by atoms with van der Waals surface area (Å²) in [6, 6.07) is 1.27. The van der Waals surface area contributed by atoms with E-state index in [9.17, 15) is 8.78 Å². The van der Waals surface area contributed by atoms with E-state index in [2.05, 4.69) is 21.5 Å². The van der Waals surface area contributed by atoms with Gasteiger partial charge in [-0.15, -0.1) is 0 Å². The molecule has 142 valence electrons. The van der Waals surface area contributed by atoms with E-state index in [0.717, 1.165) is 37.9 Å². The van der Waals surface area contributed by atoms with Gasteiger partial charge in [0.1, 0.15) is 0 Å². The van der Waals surface area contributed by atoms with Crippen LogP contribution in [0.5, 0.6) is 0 Å². The molecule has 1 aromatic heterocycles. The van der Waals surface area contributed by atoms with Gasteiger partial charge in [0.15, 0.2) is 0 Å². The summed E-state index contributed by atoms with van der Waals surface area (Å²) in [4.78, 5) is 8.20. The maximum absolute atomic E-state index is 12.7. The SMILES string of the molecule is C[C-]1CCC2COC(F)(F)CN12.Cn1ccnc1N1CC(C)(N)C1.[W]. The summed E-state index contributed by atoms with van der Waals surface area (Å²) in [6.45, 7) is 5.69. The van der Waals surface area contributed by atoms with Crippen molar-refractivity contribution in [2.24, 2.45) is 12.8 Å². The molecule has 0 radical (unpaired) electrons. The number of hydrogen-bond acceptors (Lipinski definition) is 5. The molecule has 4 rings (SSSR count). The average Bonchev–Trinajstić information content (AvgIpc) is 3.03. The number of aryl methyl sites for hydroxylation is 1. The van der Waals surface area contributed by atoms with Crippen molar-refractivity contribution in [1.29, 1.82) is 0 Å². The van der Waals surface area contributed by atoms with E-state index in [-0.39, 0.29) is 45.8 Å². The van der Waals surface area contributed by atoms with E-state index >= 15 is 0 Å². The van der Waals surface area contributed by atoms with Crippen molar-refractivity contribution in [2.75, 3.05) is 31.1 Å². The number of aromatic nitrogens is 2. The molecule has 1 atom stereocenters. The van der Waals surface area contributed by atoms with Gasteiger partial charge in [0.05, 0.1) is 13.2 Å². The molecule has 6 nitrogen and oxygen atoms in total. The molecule has 25 heavy (non-hydrogen) atoms. The van der Waals surface area contributed by atoms with E-state index in [1.807, 2.05) is 30.9 Å². The minimum Gasteiger partial charge on any atom is -0.442 e. The van der Waals surface area contributed by atoms with Gasteiger partial charge in [-0.3, -0.25) is 6.04 Å². The maximum Gasteiger partial charge on any atom is 0.366 e. The summed E-state index contributed by atoms with van der Waals surface area (Å²) < 4.78 is 31.9. The number of nitrogens with zero attached hydrogens (tertiary/aromatic N) is 4.